The van der Waals surface area contributed by atoms with E-state index in [9.17, 15) is 9.59 Å². The van der Waals surface area contributed by atoms with Crippen molar-refractivity contribution in [1.82, 2.24) is 19.9 Å². The van der Waals surface area contributed by atoms with Gasteiger partial charge < -0.3 is 0 Å². The van der Waals surface area contributed by atoms with Gasteiger partial charge in [0.2, 0.25) is 0 Å². The van der Waals surface area contributed by atoms with Gasteiger partial charge in [-0.2, -0.15) is 5.10 Å². The van der Waals surface area contributed by atoms with Crippen LogP contribution in [0.2, 0.25) is 5.02 Å². The lowest BCUT2D eigenvalue weighted by atomic mass is 10.1. The number of H-pyrrole nitrogens is 1. The molecule has 2 N–H and O–H groups in total. The number of carbonyl (C=O) groups excluding carboxylic acids is 1. The zero-order valence-electron chi connectivity index (χ0n) is 16.4. The molecule has 0 atom stereocenters. The molecule has 0 bridgehead atoms. The third-order valence-electron chi connectivity index (χ3n) is 4.78. The van der Waals surface area contributed by atoms with Gasteiger partial charge in [-0.1, -0.05) is 55.3 Å². The van der Waals surface area contributed by atoms with E-state index in [0.717, 1.165) is 18.4 Å². The highest BCUT2D eigenvalue weighted by Gasteiger charge is 2.19. The number of benzene rings is 2. The number of amides is 1. The minimum absolute atomic E-state index is 0.230. The van der Waals surface area contributed by atoms with E-state index in [4.69, 9.17) is 16.6 Å². The Morgan fingerprint density at radius 2 is 1.87 bits per heavy atom. The van der Waals surface area contributed by atoms with Crippen molar-refractivity contribution in [2.24, 2.45) is 0 Å². The summed E-state index contributed by atoms with van der Waals surface area (Å²) in [4.78, 5) is 30.5. The Bertz CT molecular complexity index is 1250. The maximum atomic E-state index is 13.2. The lowest BCUT2D eigenvalue weighted by Crippen LogP contribution is -2.36. The van der Waals surface area contributed by atoms with Crippen molar-refractivity contribution < 1.29 is 4.79 Å². The summed E-state index contributed by atoms with van der Waals surface area (Å²) in [7, 11) is 0. The lowest BCUT2D eigenvalue weighted by Gasteiger charge is -2.13. The minimum Gasteiger partial charge on any atom is -0.270 e. The molecule has 0 radical (unpaired) electrons. The topological polar surface area (TPSA) is 92.7 Å². The van der Waals surface area contributed by atoms with Gasteiger partial charge >= 0.3 is 0 Å². The second-order valence-corrected chi connectivity index (χ2v) is 7.32. The zero-order valence-corrected chi connectivity index (χ0v) is 17.1. The van der Waals surface area contributed by atoms with Crippen molar-refractivity contribution in [2.45, 2.75) is 26.2 Å². The van der Waals surface area contributed by atoms with Gasteiger partial charge in [0.1, 0.15) is 17.0 Å². The normalized spacial score (nSPS) is 11.0. The standard InChI is InChI=1S/C22H20ClN5O2/c1-2-3-9-17-24-19-18(14-10-12-16(23)13-11-14)25-26-20(19)22(30)28(17)27-21(29)15-7-5-4-6-8-15/h4-8,10-13H,2-3,9H2,1H3,(H,25,26)(H,27,29). The van der Waals surface area contributed by atoms with E-state index in [1.807, 2.05) is 18.2 Å². The molecule has 4 rings (SSSR count). The van der Waals surface area contributed by atoms with Crippen LogP contribution < -0.4 is 11.0 Å². The Morgan fingerprint density at radius 3 is 2.57 bits per heavy atom. The highest BCUT2D eigenvalue weighted by Crippen LogP contribution is 2.25. The van der Waals surface area contributed by atoms with Crippen LogP contribution in [0.5, 0.6) is 0 Å². The number of unbranched alkanes of at least 4 members (excludes halogenated alkanes) is 1. The van der Waals surface area contributed by atoms with Gasteiger partial charge in [-0.05, 0) is 30.7 Å². The molecule has 4 aromatic rings. The van der Waals surface area contributed by atoms with Gasteiger partial charge in [-0.25, -0.2) is 9.66 Å². The van der Waals surface area contributed by atoms with Crippen molar-refractivity contribution in [2.75, 3.05) is 5.43 Å². The molecule has 1 amide bonds. The predicted octanol–water partition coefficient (Wildman–Crippen LogP) is 4.17. The molecule has 8 heteroatoms. The van der Waals surface area contributed by atoms with Crippen LogP contribution in [0.15, 0.2) is 59.4 Å². The molecule has 0 unspecified atom stereocenters. The first-order valence-corrected chi connectivity index (χ1v) is 10.1. The van der Waals surface area contributed by atoms with E-state index < -0.39 is 5.56 Å². The highest BCUT2D eigenvalue weighted by molar-refractivity contribution is 6.30. The number of rotatable bonds is 6. The summed E-state index contributed by atoms with van der Waals surface area (Å²) in [5, 5.41) is 7.69. The van der Waals surface area contributed by atoms with Crippen molar-refractivity contribution in [3.63, 3.8) is 0 Å². The summed E-state index contributed by atoms with van der Waals surface area (Å²) in [6.07, 6.45) is 2.30. The Labute approximate surface area is 177 Å². The molecule has 0 spiro atoms. The lowest BCUT2D eigenvalue weighted by molar-refractivity contribution is 0.101. The van der Waals surface area contributed by atoms with Gasteiger partial charge in [0.25, 0.3) is 11.5 Å². The highest BCUT2D eigenvalue weighted by atomic mass is 35.5. The maximum Gasteiger partial charge on any atom is 0.298 e. The fourth-order valence-electron chi connectivity index (χ4n) is 3.18. The summed E-state index contributed by atoms with van der Waals surface area (Å²) in [6.45, 7) is 2.06. The number of fused-ring (bicyclic) bond motifs is 1. The molecular formula is C22H20ClN5O2. The molecule has 0 fully saturated rings. The van der Waals surface area contributed by atoms with Crippen LogP contribution in [0.1, 0.15) is 35.9 Å². The molecule has 2 aromatic heterocycles. The number of aromatic amines is 1. The first-order valence-electron chi connectivity index (χ1n) is 9.71. The molecule has 2 aromatic carbocycles. The van der Waals surface area contributed by atoms with Crippen molar-refractivity contribution in [1.29, 1.82) is 0 Å². The molecule has 0 aliphatic carbocycles. The average Bonchev–Trinajstić information content (AvgIpc) is 3.19. The van der Waals surface area contributed by atoms with Crippen LogP contribution >= 0.6 is 11.6 Å². The average molecular weight is 422 g/mol. The summed E-state index contributed by atoms with van der Waals surface area (Å²) in [5.41, 5.74) is 4.81. The number of carbonyl (C=O) groups is 1. The van der Waals surface area contributed by atoms with Gasteiger partial charge in [0.05, 0.1) is 0 Å². The first-order chi connectivity index (χ1) is 14.6. The second kappa shape index (κ2) is 8.51. The molecule has 0 saturated carbocycles. The van der Waals surface area contributed by atoms with Crippen molar-refractivity contribution >= 4 is 28.5 Å². The molecule has 7 nitrogen and oxygen atoms in total. The number of hydrogen-bond donors (Lipinski definition) is 2. The smallest absolute Gasteiger partial charge is 0.270 e. The second-order valence-electron chi connectivity index (χ2n) is 6.88. The van der Waals surface area contributed by atoms with Crippen molar-refractivity contribution in [3.8, 4) is 11.3 Å². The molecule has 0 aliphatic rings. The van der Waals surface area contributed by atoms with Crippen LogP contribution in [0, 0.1) is 0 Å². The van der Waals surface area contributed by atoms with E-state index in [0.29, 0.717) is 34.0 Å². The number of nitrogens with one attached hydrogen (secondary N) is 2. The van der Waals surface area contributed by atoms with E-state index in [-0.39, 0.29) is 11.4 Å². The monoisotopic (exact) mass is 421 g/mol. The third-order valence-corrected chi connectivity index (χ3v) is 5.03. The quantitative estimate of drug-likeness (QED) is 0.488. The summed E-state index contributed by atoms with van der Waals surface area (Å²) in [6, 6.07) is 15.9. The minimum atomic E-state index is -0.400. The fourth-order valence-corrected chi connectivity index (χ4v) is 3.31. The first kappa shape index (κ1) is 19.8. The molecule has 30 heavy (non-hydrogen) atoms. The molecule has 2 heterocycles. The number of halogens is 1. The molecule has 0 aliphatic heterocycles. The molecular weight excluding hydrogens is 402 g/mol. The van der Waals surface area contributed by atoms with Crippen LogP contribution in [0.4, 0.5) is 0 Å². The third kappa shape index (κ3) is 3.84. The Morgan fingerprint density at radius 1 is 1.13 bits per heavy atom. The van der Waals surface area contributed by atoms with Gasteiger partial charge in [0.15, 0.2) is 5.52 Å². The summed E-state index contributed by atoms with van der Waals surface area (Å²) >= 11 is 5.98. The van der Waals surface area contributed by atoms with Crippen LogP contribution in [0.3, 0.4) is 0 Å². The van der Waals surface area contributed by atoms with Gasteiger partial charge in [-0.3, -0.25) is 20.1 Å². The summed E-state index contributed by atoms with van der Waals surface area (Å²) < 4.78 is 1.22. The Hall–Kier alpha value is -3.45. The van der Waals surface area contributed by atoms with Gasteiger partial charge in [0, 0.05) is 22.6 Å². The van der Waals surface area contributed by atoms with Crippen molar-refractivity contribution in [3.05, 3.63) is 81.4 Å². The van der Waals surface area contributed by atoms with E-state index in [1.165, 1.54) is 4.68 Å². The van der Waals surface area contributed by atoms with Gasteiger partial charge in [-0.15, -0.1) is 0 Å². The number of hydrogen-bond acceptors (Lipinski definition) is 4. The van der Waals surface area contributed by atoms with E-state index in [2.05, 4.69) is 22.5 Å². The molecule has 152 valence electrons. The SMILES string of the molecule is CCCCc1nc2c(-c3ccc(Cl)cc3)n[nH]c2c(=O)n1NC(=O)c1ccccc1. The van der Waals surface area contributed by atoms with Crippen LogP contribution in [-0.2, 0) is 6.42 Å². The van der Waals surface area contributed by atoms with E-state index >= 15 is 0 Å². The Kier molecular flexibility index (Phi) is 5.63. The number of nitrogens with zero attached hydrogens (tertiary/aromatic N) is 3. The zero-order chi connectivity index (χ0) is 21.1. The van der Waals surface area contributed by atoms with E-state index in [1.54, 1.807) is 36.4 Å². The summed E-state index contributed by atoms with van der Waals surface area (Å²) in [5.74, 6) is 0.101. The molecule has 0 saturated heterocycles. The largest absolute Gasteiger partial charge is 0.298 e. The predicted molar refractivity (Wildman–Crippen MR) is 117 cm³/mol. The maximum absolute atomic E-state index is 13.2. The number of aryl methyl sites for hydroxylation is 1. The van der Waals surface area contributed by atoms with Crippen LogP contribution in [-0.4, -0.2) is 25.8 Å². The Balaban J connectivity index is 1.81. The van der Waals surface area contributed by atoms with Crippen LogP contribution in [0.25, 0.3) is 22.3 Å². The fraction of sp³-hybridized carbons (Fsp3) is 0.182. The number of aromatic nitrogens is 4.